The molecule has 24 heavy (non-hydrogen) atoms. The van der Waals surface area contributed by atoms with Crippen LogP contribution in [0, 0.1) is 10.1 Å². The molecule has 1 aliphatic rings. The van der Waals surface area contributed by atoms with E-state index in [2.05, 4.69) is 5.32 Å². The number of carbonyl (C=O) groups excluding carboxylic acids is 1. The molecule has 0 radical (unpaired) electrons. The van der Waals surface area contributed by atoms with Crippen molar-refractivity contribution >= 4 is 17.3 Å². The zero-order valence-corrected chi connectivity index (χ0v) is 13.0. The van der Waals surface area contributed by atoms with Gasteiger partial charge in [-0.25, -0.2) is 0 Å². The van der Waals surface area contributed by atoms with Gasteiger partial charge in [-0.1, -0.05) is 0 Å². The molecule has 0 spiro atoms. The number of amides is 1. The van der Waals surface area contributed by atoms with Gasteiger partial charge in [0.25, 0.3) is 5.69 Å². The van der Waals surface area contributed by atoms with E-state index in [0.717, 1.165) is 12.1 Å². The van der Waals surface area contributed by atoms with E-state index in [9.17, 15) is 28.1 Å². The van der Waals surface area contributed by atoms with E-state index >= 15 is 0 Å². The molecule has 1 aromatic carbocycles. The van der Waals surface area contributed by atoms with Gasteiger partial charge in [0.2, 0.25) is 5.91 Å². The SMILES string of the molecule is CNC(=O)CN1CCN(c2ccc(C(F)(F)F)cc2[N+](=O)[O-])CC1. The Bertz CT molecular complexity index is 628. The number of halogens is 3. The second-order valence-corrected chi connectivity index (χ2v) is 5.39. The molecule has 0 bridgehead atoms. The first-order valence-corrected chi connectivity index (χ1v) is 7.26. The Morgan fingerprint density at radius 3 is 2.42 bits per heavy atom. The van der Waals surface area contributed by atoms with Crippen LogP contribution in [0.15, 0.2) is 18.2 Å². The first-order chi connectivity index (χ1) is 11.2. The number of hydrogen-bond acceptors (Lipinski definition) is 5. The lowest BCUT2D eigenvalue weighted by Gasteiger charge is -2.35. The quantitative estimate of drug-likeness (QED) is 0.660. The Labute approximate surface area is 136 Å². The zero-order valence-electron chi connectivity index (χ0n) is 13.0. The van der Waals surface area contributed by atoms with Crippen molar-refractivity contribution in [1.82, 2.24) is 10.2 Å². The fraction of sp³-hybridized carbons (Fsp3) is 0.500. The van der Waals surface area contributed by atoms with Crippen LogP contribution in [-0.4, -0.2) is 55.5 Å². The van der Waals surface area contributed by atoms with E-state index in [-0.39, 0.29) is 18.1 Å². The summed E-state index contributed by atoms with van der Waals surface area (Å²) in [6.45, 7) is 1.99. The number of carbonyl (C=O) groups is 1. The molecule has 1 aromatic rings. The third kappa shape index (κ3) is 4.13. The van der Waals surface area contributed by atoms with Crippen molar-refractivity contribution in [2.75, 3.05) is 44.7 Å². The molecular formula is C14H17F3N4O3. The average molecular weight is 346 g/mol. The van der Waals surface area contributed by atoms with Gasteiger partial charge in [0.15, 0.2) is 0 Å². The second kappa shape index (κ2) is 7.04. The Kier molecular flexibility index (Phi) is 5.27. The molecule has 2 rings (SSSR count). The number of alkyl halides is 3. The average Bonchev–Trinajstić information content (AvgIpc) is 2.54. The van der Waals surface area contributed by atoms with Gasteiger partial charge in [-0.05, 0) is 12.1 Å². The molecule has 1 aliphatic heterocycles. The van der Waals surface area contributed by atoms with E-state index in [4.69, 9.17) is 0 Å². The van der Waals surface area contributed by atoms with Crippen LogP contribution in [0.2, 0.25) is 0 Å². The predicted octanol–water partition coefficient (Wildman–Crippen LogP) is 1.48. The van der Waals surface area contributed by atoms with Crippen LogP contribution in [-0.2, 0) is 11.0 Å². The smallest absolute Gasteiger partial charge is 0.363 e. The van der Waals surface area contributed by atoms with Gasteiger partial charge in [-0.3, -0.25) is 19.8 Å². The Morgan fingerprint density at radius 2 is 1.92 bits per heavy atom. The molecule has 10 heteroatoms. The Morgan fingerprint density at radius 1 is 1.29 bits per heavy atom. The van der Waals surface area contributed by atoms with E-state index in [0.29, 0.717) is 32.2 Å². The van der Waals surface area contributed by atoms with Crippen molar-refractivity contribution < 1.29 is 22.9 Å². The predicted molar refractivity (Wildman–Crippen MR) is 80.8 cm³/mol. The number of benzene rings is 1. The first-order valence-electron chi connectivity index (χ1n) is 7.26. The summed E-state index contributed by atoms with van der Waals surface area (Å²) in [5, 5.41) is 13.6. The Hall–Kier alpha value is -2.36. The first kappa shape index (κ1) is 18.0. The summed E-state index contributed by atoms with van der Waals surface area (Å²) in [6.07, 6.45) is -4.63. The fourth-order valence-corrected chi connectivity index (χ4v) is 2.54. The van der Waals surface area contributed by atoms with Crippen molar-refractivity contribution in [3.63, 3.8) is 0 Å². The summed E-state index contributed by atoms with van der Waals surface area (Å²) in [6, 6.07) is 2.54. The molecule has 0 aliphatic carbocycles. The third-order valence-corrected chi connectivity index (χ3v) is 3.86. The highest BCUT2D eigenvalue weighted by Gasteiger charge is 2.34. The number of anilines is 1. The number of hydrogen-bond donors (Lipinski definition) is 1. The molecule has 1 N–H and O–H groups in total. The molecule has 0 aromatic heterocycles. The minimum Gasteiger partial charge on any atom is -0.363 e. The van der Waals surface area contributed by atoms with Crippen molar-refractivity contribution in [3.8, 4) is 0 Å². The number of likely N-dealkylation sites (N-methyl/N-ethyl adjacent to an activating group) is 1. The number of nitro groups is 1. The van der Waals surface area contributed by atoms with Gasteiger partial charge in [0.1, 0.15) is 5.69 Å². The highest BCUT2D eigenvalue weighted by atomic mass is 19.4. The van der Waals surface area contributed by atoms with E-state index < -0.39 is 22.4 Å². The summed E-state index contributed by atoms with van der Waals surface area (Å²) in [4.78, 5) is 25.2. The zero-order chi connectivity index (χ0) is 17.9. The minimum atomic E-state index is -4.63. The maximum atomic E-state index is 12.7. The molecule has 132 valence electrons. The topological polar surface area (TPSA) is 78.7 Å². The number of nitrogens with zero attached hydrogens (tertiary/aromatic N) is 3. The summed E-state index contributed by atoms with van der Waals surface area (Å²) in [5.74, 6) is -0.135. The number of rotatable bonds is 4. The minimum absolute atomic E-state index is 0.135. The molecule has 0 saturated carbocycles. The molecule has 7 nitrogen and oxygen atoms in total. The standard InChI is InChI=1S/C14H17F3N4O3/c1-18-13(22)9-19-4-6-20(7-5-19)11-3-2-10(14(15,16)17)8-12(11)21(23)24/h2-3,8H,4-7,9H2,1H3,(H,18,22). The second-order valence-electron chi connectivity index (χ2n) is 5.39. The lowest BCUT2D eigenvalue weighted by atomic mass is 10.1. The highest BCUT2D eigenvalue weighted by Crippen LogP contribution is 2.36. The molecule has 0 unspecified atom stereocenters. The largest absolute Gasteiger partial charge is 0.416 e. The lowest BCUT2D eigenvalue weighted by molar-refractivity contribution is -0.384. The van der Waals surface area contributed by atoms with Crippen molar-refractivity contribution in [1.29, 1.82) is 0 Å². The molecule has 1 saturated heterocycles. The van der Waals surface area contributed by atoms with Crippen LogP contribution in [0.3, 0.4) is 0 Å². The van der Waals surface area contributed by atoms with Gasteiger partial charge >= 0.3 is 6.18 Å². The third-order valence-electron chi connectivity index (χ3n) is 3.86. The lowest BCUT2D eigenvalue weighted by Crippen LogP contribution is -2.49. The van der Waals surface area contributed by atoms with Gasteiger partial charge in [0, 0.05) is 39.3 Å². The van der Waals surface area contributed by atoms with Gasteiger partial charge in [0.05, 0.1) is 17.0 Å². The highest BCUT2D eigenvalue weighted by molar-refractivity contribution is 5.77. The molecule has 1 heterocycles. The van der Waals surface area contributed by atoms with E-state index in [1.165, 1.54) is 7.05 Å². The van der Waals surface area contributed by atoms with Crippen LogP contribution >= 0.6 is 0 Å². The summed E-state index contributed by atoms with van der Waals surface area (Å²) < 4.78 is 38.2. The molecule has 1 amide bonds. The number of nitrogens with one attached hydrogen (secondary N) is 1. The molecular weight excluding hydrogens is 329 g/mol. The summed E-state index contributed by atoms with van der Waals surface area (Å²) >= 11 is 0. The molecule has 0 atom stereocenters. The number of nitro benzene ring substituents is 1. The van der Waals surface area contributed by atoms with E-state index in [1.54, 1.807) is 4.90 Å². The van der Waals surface area contributed by atoms with Crippen LogP contribution in [0.25, 0.3) is 0 Å². The van der Waals surface area contributed by atoms with Gasteiger partial charge in [-0.15, -0.1) is 0 Å². The number of piperazine rings is 1. The molecule has 1 fully saturated rings. The van der Waals surface area contributed by atoms with Crippen LogP contribution in [0.5, 0.6) is 0 Å². The fourth-order valence-electron chi connectivity index (χ4n) is 2.54. The van der Waals surface area contributed by atoms with E-state index in [1.807, 2.05) is 4.90 Å². The maximum Gasteiger partial charge on any atom is 0.416 e. The van der Waals surface area contributed by atoms with Crippen molar-refractivity contribution in [3.05, 3.63) is 33.9 Å². The van der Waals surface area contributed by atoms with Crippen molar-refractivity contribution in [2.24, 2.45) is 0 Å². The normalized spacial score (nSPS) is 16.1. The summed E-state index contributed by atoms with van der Waals surface area (Å²) in [7, 11) is 1.53. The monoisotopic (exact) mass is 346 g/mol. The Balaban J connectivity index is 2.15. The van der Waals surface area contributed by atoms with Crippen LogP contribution in [0.1, 0.15) is 5.56 Å². The van der Waals surface area contributed by atoms with Crippen LogP contribution in [0.4, 0.5) is 24.5 Å². The van der Waals surface area contributed by atoms with Gasteiger partial charge in [-0.2, -0.15) is 13.2 Å². The van der Waals surface area contributed by atoms with Crippen molar-refractivity contribution in [2.45, 2.75) is 6.18 Å². The summed E-state index contributed by atoms with van der Waals surface area (Å²) in [5.41, 5.74) is -1.45. The van der Waals surface area contributed by atoms with Gasteiger partial charge < -0.3 is 10.2 Å². The van der Waals surface area contributed by atoms with Crippen LogP contribution < -0.4 is 10.2 Å². The maximum absolute atomic E-state index is 12.7.